The van der Waals surface area contributed by atoms with Crippen LogP contribution in [0.4, 0.5) is 10.5 Å². The summed E-state index contributed by atoms with van der Waals surface area (Å²) in [6.45, 7) is 4.40. The number of amides is 2. The Labute approximate surface area is 180 Å². The van der Waals surface area contributed by atoms with E-state index in [9.17, 15) is 4.79 Å². The highest BCUT2D eigenvalue weighted by atomic mass is 32.1. The lowest BCUT2D eigenvalue weighted by molar-refractivity contribution is 0.252. The number of anilines is 1. The molecule has 0 saturated carbocycles. The van der Waals surface area contributed by atoms with E-state index < -0.39 is 0 Å². The van der Waals surface area contributed by atoms with Crippen molar-refractivity contribution in [1.82, 2.24) is 10.3 Å². The monoisotopic (exact) mass is 427 g/mol. The number of hydrogen-bond donors (Lipinski definition) is 2. The maximum absolute atomic E-state index is 12.4. The first-order chi connectivity index (χ1) is 14.5. The van der Waals surface area contributed by atoms with E-state index in [1.165, 1.54) is 26.9 Å². The van der Waals surface area contributed by atoms with Crippen molar-refractivity contribution < 1.29 is 19.0 Å². The quantitative estimate of drug-likeness (QED) is 0.567. The van der Waals surface area contributed by atoms with Crippen LogP contribution < -0.4 is 24.8 Å². The number of benzene rings is 2. The van der Waals surface area contributed by atoms with Crippen LogP contribution in [0.3, 0.4) is 0 Å². The minimum absolute atomic E-state index is 0.338. The molecule has 0 aliphatic carbocycles. The number of carbonyl (C=O) groups is 1. The van der Waals surface area contributed by atoms with Crippen LogP contribution in [0.25, 0.3) is 10.6 Å². The molecule has 2 N–H and O–H groups in total. The van der Waals surface area contributed by atoms with Crippen molar-refractivity contribution in [2.75, 3.05) is 26.6 Å². The molecule has 3 rings (SSSR count). The number of thiazole rings is 1. The molecule has 158 valence electrons. The third kappa shape index (κ3) is 4.65. The fraction of sp³-hybridized carbons (Fsp3) is 0.273. The van der Waals surface area contributed by atoms with Gasteiger partial charge in [0.1, 0.15) is 5.01 Å². The second-order valence-corrected chi connectivity index (χ2v) is 7.65. The molecule has 0 fully saturated rings. The third-order valence-electron chi connectivity index (χ3n) is 4.60. The smallest absolute Gasteiger partial charge is 0.319 e. The Morgan fingerprint density at radius 3 is 2.30 bits per heavy atom. The Kier molecular flexibility index (Phi) is 6.79. The zero-order chi connectivity index (χ0) is 21.7. The van der Waals surface area contributed by atoms with Gasteiger partial charge in [0.15, 0.2) is 11.5 Å². The first-order valence-corrected chi connectivity index (χ1v) is 10.2. The molecule has 0 aliphatic rings. The van der Waals surface area contributed by atoms with E-state index >= 15 is 0 Å². The summed E-state index contributed by atoms with van der Waals surface area (Å²) in [5.74, 6) is 1.40. The van der Waals surface area contributed by atoms with Gasteiger partial charge >= 0.3 is 6.03 Å². The lowest BCUT2D eigenvalue weighted by Gasteiger charge is -2.14. The van der Waals surface area contributed by atoms with E-state index in [-0.39, 0.29) is 6.03 Å². The van der Waals surface area contributed by atoms with Gasteiger partial charge < -0.3 is 24.8 Å². The number of carbonyl (C=O) groups excluding carboxylic acids is 1. The molecule has 0 unspecified atom stereocenters. The molecule has 1 aromatic heterocycles. The molecule has 3 aromatic rings. The van der Waals surface area contributed by atoms with Crippen molar-refractivity contribution >= 4 is 23.1 Å². The van der Waals surface area contributed by atoms with Crippen LogP contribution in [0, 0.1) is 13.8 Å². The normalized spacial score (nSPS) is 10.4. The van der Waals surface area contributed by atoms with Gasteiger partial charge in [0.2, 0.25) is 5.75 Å². The minimum atomic E-state index is -0.338. The predicted molar refractivity (Wildman–Crippen MR) is 119 cm³/mol. The van der Waals surface area contributed by atoms with Crippen molar-refractivity contribution in [3.05, 3.63) is 52.5 Å². The fourth-order valence-corrected chi connectivity index (χ4v) is 4.10. The molecule has 0 saturated heterocycles. The molecule has 7 nitrogen and oxygen atoms in total. The number of hydrogen-bond acceptors (Lipinski definition) is 6. The van der Waals surface area contributed by atoms with Crippen molar-refractivity contribution in [1.29, 1.82) is 0 Å². The maximum Gasteiger partial charge on any atom is 0.319 e. The molecule has 30 heavy (non-hydrogen) atoms. The summed E-state index contributed by atoms with van der Waals surface area (Å²) < 4.78 is 15.9. The molecule has 1 heterocycles. The topological polar surface area (TPSA) is 81.7 Å². The number of ether oxygens (including phenoxy) is 3. The highest BCUT2D eigenvalue weighted by molar-refractivity contribution is 7.15. The van der Waals surface area contributed by atoms with Crippen molar-refractivity contribution in [2.24, 2.45) is 0 Å². The fourth-order valence-electron chi connectivity index (χ4n) is 3.01. The van der Waals surface area contributed by atoms with Gasteiger partial charge in [-0.05, 0) is 19.4 Å². The highest BCUT2D eigenvalue weighted by Crippen LogP contribution is 2.40. The molecular weight excluding hydrogens is 402 g/mol. The Hall–Kier alpha value is -3.26. The minimum Gasteiger partial charge on any atom is -0.493 e. The summed E-state index contributed by atoms with van der Waals surface area (Å²) in [5.41, 5.74) is 3.72. The van der Waals surface area contributed by atoms with Gasteiger partial charge in [-0.25, -0.2) is 9.78 Å². The van der Waals surface area contributed by atoms with Gasteiger partial charge in [-0.2, -0.15) is 0 Å². The lowest BCUT2D eigenvalue weighted by atomic mass is 10.1. The second-order valence-electron chi connectivity index (χ2n) is 6.56. The zero-order valence-corrected chi connectivity index (χ0v) is 18.5. The van der Waals surface area contributed by atoms with E-state index in [2.05, 4.69) is 34.7 Å². The molecule has 0 atom stereocenters. The van der Waals surface area contributed by atoms with Gasteiger partial charge in [0, 0.05) is 22.6 Å². The summed E-state index contributed by atoms with van der Waals surface area (Å²) in [6, 6.07) is 11.1. The lowest BCUT2D eigenvalue weighted by Crippen LogP contribution is -2.28. The molecule has 0 aliphatic heterocycles. The van der Waals surface area contributed by atoms with Crippen molar-refractivity contribution in [3.8, 4) is 27.8 Å². The number of nitrogens with zero attached hydrogens (tertiary/aromatic N) is 1. The van der Waals surface area contributed by atoms with Gasteiger partial charge in [0.05, 0.1) is 39.3 Å². The van der Waals surface area contributed by atoms with E-state index in [0.717, 1.165) is 21.1 Å². The van der Waals surface area contributed by atoms with Crippen LogP contribution >= 0.6 is 11.3 Å². The zero-order valence-electron chi connectivity index (χ0n) is 17.7. The average Bonchev–Trinajstić information content (AvgIpc) is 3.12. The summed E-state index contributed by atoms with van der Waals surface area (Å²) in [6.07, 6.45) is 0. The Bertz CT molecular complexity index is 1020. The number of aromatic nitrogens is 1. The summed E-state index contributed by atoms with van der Waals surface area (Å²) >= 11 is 1.58. The van der Waals surface area contributed by atoms with Crippen LogP contribution in [0.15, 0.2) is 36.4 Å². The van der Waals surface area contributed by atoms with Crippen LogP contribution in [-0.2, 0) is 6.54 Å². The van der Waals surface area contributed by atoms with Gasteiger partial charge in [0.25, 0.3) is 0 Å². The Balaban J connectivity index is 1.69. The average molecular weight is 428 g/mol. The summed E-state index contributed by atoms with van der Waals surface area (Å²) in [7, 11) is 4.59. The van der Waals surface area contributed by atoms with Gasteiger partial charge in [-0.15, -0.1) is 11.3 Å². The SMILES string of the molecule is COc1cc(NC(=O)NCc2sc(-c3ccccc3C)nc2C)cc(OC)c1OC. The first kappa shape index (κ1) is 21.4. The molecule has 0 bridgehead atoms. The summed E-state index contributed by atoms with van der Waals surface area (Å²) in [5, 5.41) is 6.63. The van der Waals surface area contributed by atoms with E-state index in [1.807, 2.05) is 19.1 Å². The van der Waals surface area contributed by atoms with Crippen LogP contribution in [0.5, 0.6) is 17.2 Å². The molecule has 0 radical (unpaired) electrons. The standard InChI is InChI=1S/C22H25N3O4S/c1-13-8-6-7-9-16(13)21-24-14(2)19(30-21)12-23-22(26)25-15-10-17(27-3)20(29-5)18(11-15)28-4/h6-11H,12H2,1-5H3,(H2,23,25,26). The van der Waals surface area contributed by atoms with Gasteiger partial charge in [-0.3, -0.25) is 0 Å². The van der Waals surface area contributed by atoms with Crippen molar-refractivity contribution in [3.63, 3.8) is 0 Å². The Morgan fingerprint density at radius 2 is 1.70 bits per heavy atom. The van der Waals surface area contributed by atoms with Crippen LogP contribution in [0.2, 0.25) is 0 Å². The van der Waals surface area contributed by atoms with E-state index in [1.54, 1.807) is 23.5 Å². The second kappa shape index (κ2) is 9.49. The summed E-state index contributed by atoms with van der Waals surface area (Å²) in [4.78, 5) is 18.1. The van der Waals surface area contributed by atoms with E-state index in [4.69, 9.17) is 14.2 Å². The van der Waals surface area contributed by atoms with Crippen LogP contribution in [-0.4, -0.2) is 32.3 Å². The third-order valence-corrected chi connectivity index (χ3v) is 5.79. The number of nitrogens with one attached hydrogen (secondary N) is 2. The number of rotatable bonds is 7. The largest absolute Gasteiger partial charge is 0.493 e. The molecule has 2 aromatic carbocycles. The number of aryl methyl sites for hydroxylation is 2. The molecular formula is C22H25N3O4S. The maximum atomic E-state index is 12.4. The van der Waals surface area contributed by atoms with Gasteiger partial charge in [-0.1, -0.05) is 24.3 Å². The van der Waals surface area contributed by atoms with Crippen LogP contribution in [0.1, 0.15) is 16.1 Å². The first-order valence-electron chi connectivity index (χ1n) is 9.34. The molecule has 2 amide bonds. The number of urea groups is 1. The highest BCUT2D eigenvalue weighted by Gasteiger charge is 2.15. The number of methoxy groups -OCH3 is 3. The van der Waals surface area contributed by atoms with Crippen molar-refractivity contribution in [2.45, 2.75) is 20.4 Å². The Morgan fingerprint density at radius 1 is 1.03 bits per heavy atom. The van der Waals surface area contributed by atoms with E-state index in [0.29, 0.717) is 29.5 Å². The molecule has 8 heteroatoms. The molecule has 0 spiro atoms. The predicted octanol–water partition coefficient (Wildman–Crippen LogP) is 4.77.